The molecule has 0 heterocycles. The summed E-state index contributed by atoms with van der Waals surface area (Å²) in [6.45, 7) is 2.10. The fourth-order valence-electron chi connectivity index (χ4n) is 3.66. The fourth-order valence-corrected chi connectivity index (χ4v) is 3.66. The van der Waals surface area contributed by atoms with E-state index in [2.05, 4.69) is 6.92 Å². The molecule has 2 aromatic carbocycles. The van der Waals surface area contributed by atoms with Crippen LogP contribution in [0.1, 0.15) is 49.7 Å². The highest BCUT2D eigenvalue weighted by Crippen LogP contribution is 2.42. The molecule has 1 saturated carbocycles. The van der Waals surface area contributed by atoms with Crippen LogP contribution in [0, 0.1) is 23.4 Å². The molecule has 7 heteroatoms. The first-order chi connectivity index (χ1) is 12.6. The SMILES string of the molecule is CC1CCC(c2ccc(-c3ccc(C(F)(F)F)c(F)c3O)c(F)c2F)CC1. The maximum absolute atomic E-state index is 14.6. The highest BCUT2D eigenvalue weighted by molar-refractivity contribution is 5.72. The Morgan fingerprint density at radius 3 is 2.00 bits per heavy atom. The predicted molar refractivity (Wildman–Crippen MR) is 88.8 cm³/mol. The molecule has 0 radical (unpaired) electrons. The Morgan fingerprint density at radius 2 is 1.41 bits per heavy atom. The number of hydrogen-bond acceptors (Lipinski definition) is 1. The van der Waals surface area contributed by atoms with Crippen LogP contribution in [0.4, 0.5) is 26.3 Å². The van der Waals surface area contributed by atoms with Gasteiger partial charge in [0, 0.05) is 11.1 Å². The molecular weight excluding hydrogens is 370 g/mol. The molecule has 3 rings (SSSR count). The van der Waals surface area contributed by atoms with Crippen LogP contribution in [0.5, 0.6) is 5.75 Å². The van der Waals surface area contributed by atoms with Gasteiger partial charge in [0.1, 0.15) is 0 Å². The first-order valence-electron chi connectivity index (χ1n) is 8.68. The molecule has 0 saturated heterocycles. The zero-order chi connectivity index (χ0) is 19.9. The van der Waals surface area contributed by atoms with Crippen molar-refractivity contribution in [3.63, 3.8) is 0 Å². The van der Waals surface area contributed by atoms with Crippen LogP contribution in [0.2, 0.25) is 0 Å². The number of phenolic OH excluding ortho intramolecular Hbond substituents is 1. The number of alkyl halides is 3. The van der Waals surface area contributed by atoms with Gasteiger partial charge in [0.15, 0.2) is 23.2 Å². The highest BCUT2D eigenvalue weighted by atomic mass is 19.4. The largest absolute Gasteiger partial charge is 0.504 e. The normalized spacial score (nSPS) is 20.7. The standard InChI is InChI=1S/C20H18F6O/c1-10-2-4-11(5-3-10)12-6-7-13(17(22)16(12)21)14-8-9-15(20(24,25)26)18(23)19(14)27/h6-11,27H,2-5H2,1H3. The number of phenols is 1. The summed E-state index contributed by atoms with van der Waals surface area (Å²) in [4.78, 5) is 0. The molecule has 1 aliphatic rings. The van der Waals surface area contributed by atoms with Gasteiger partial charge in [-0.05, 0) is 42.4 Å². The van der Waals surface area contributed by atoms with E-state index in [1.807, 2.05) is 0 Å². The van der Waals surface area contributed by atoms with Crippen molar-refractivity contribution in [3.05, 3.63) is 52.8 Å². The van der Waals surface area contributed by atoms with E-state index in [9.17, 15) is 31.4 Å². The lowest BCUT2D eigenvalue weighted by atomic mass is 9.79. The zero-order valence-corrected chi connectivity index (χ0v) is 14.5. The second kappa shape index (κ2) is 7.09. The number of halogens is 6. The van der Waals surface area contributed by atoms with E-state index in [1.54, 1.807) is 0 Å². The van der Waals surface area contributed by atoms with Crippen LogP contribution in [0.25, 0.3) is 11.1 Å². The molecule has 0 atom stereocenters. The molecule has 1 fully saturated rings. The molecule has 0 aromatic heterocycles. The first-order valence-corrected chi connectivity index (χ1v) is 8.68. The van der Waals surface area contributed by atoms with Crippen molar-refractivity contribution >= 4 is 0 Å². The van der Waals surface area contributed by atoms with Crippen molar-refractivity contribution in [1.82, 2.24) is 0 Å². The Labute approximate surface area is 152 Å². The van der Waals surface area contributed by atoms with E-state index < -0.39 is 46.1 Å². The second-order valence-electron chi connectivity index (χ2n) is 7.11. The van der Waals surface area contributed by atoms with Crippen LogP contribution in [-0.2, 0) is 6.18 Å². The van der Waals surface area contributed by atoms with Gasteiger partial charge in [-0.2, -0.15) is 13.2 Å². The third-order valence-electron chi connectivity index (χ3n) is 5.28. The van der Waals surface area contributed by atoms with Crippen LogP contribution < -0.4 is 0 Å². The van der Waals surface area contributed by atoms with Gasteiger partial charge < -0.3 is 5.11 Å². The van der Waals surface area contributed by atoms with Crippen LogP contribution in [0.3, 0.4) is 0 Å². The van der Waals surface area contributed by atoms with Crippen molar-refractivity contribution < 1.29 is 31.4 Å². The quantitative estimate of drug-likeness (QED) is 0.562. The molecule has 0 amide bonds. The Bertz CT molecular complexity index is 851. The summed E-state index contributed by atoms with van der Waals surface area (Å²) in [5.41, 5.74) is -2.47. The summed E-state index contributed by atoms with van der Waals surface area (Å²) >= 11 is 0. The van der Waals surface area contributed by atoms with Gasteiger partial charge >= 0.3 is 6.18 Å². The lowest BCUT2D eigenvalue weighted by molar-refractivity contribution is -0.140. The summed E-state index contributed by atoms with van der Waals surface area (Å²) in [7, 11) is 0. The molecule has 1 nitrogen and oxygen atoms in total. The van der Waals surface area contributed by atoms with Gasteiger partial charge in [0.2, 0.25) is 0 Å². The number of rotatable bonds is 2. The van der Waals surface area contributed by atoms with Gasteiger partial charge in [0.05, 0.1) is 5.56 Å². The van der Waals surface area contributed by atoms with Gasteiger partial charge in [0.25, 0.3) is 0 Å². The van der Waals surface area contributed by atoms with Crippen LogP contribution >= 0.6 is 0 Å². The Balaban J connectivity index is 2.01. The highest BCUT2D eigenvalue weighted by Gasteiger charge is 2.36. The molecule has 146 valence electrons. The van der Waals surface area contributed by atoms with E-state index in [1.165, 1.54) is 12.1 Å². The minimum absolute atomic E-state index is 0.136. The zero-order valence-electron chi connectivity index (χ0n) is 14.5. The van der Waals surface area contributed by atoms with Gasteiger partial charge in [-0.1, -0.05) is 31.9 Å². The van der Waals surface area contributed by atoms with Crippen LogP contribution in [0.15, 0.2) is 24.3 Å². The molecule has 0 spiro atoms. The average Bonchev–Trinajstić information content (AvgIpc) is 2.60. The third-order valence-corrected chi connectivity index (χ3v) is 5.28. The Kier molecular flexibility index (Phi) is 5.14. The van der Waals surface area contributed by atoms with Gasteiger partial charge in [-0.3, -0.25) is 0 Å². The Morgan fingerprint density at radius 1 is 0.815 bits per heavy atom. The van der Waals surface area contributed by atoms with Crippen molar-refractivity contribution in [2.45, 2.75) is 44.7 Å². The number of benzene rings is 2. The number of aromatic hydroxyl groups is 1. The van der Waals surface area contributed by atoms with Crippen molar-refractivity contribution in [2.75, 3.05) is 0 Å². The lowest BCUT2D eigenvalue weighted by Crippen LogP contribution is -2.13. The van der Waals surface area contributed by atoms with Gasteiger partial charge in [-0.15, -0.1) is 0 Å². The molecule has 1 aliphatic carbocycles. The maximum Gasteiger partial charge on any atom is 0.419 e. The fraction of sp³-hybridized carbons (Fsp3) is 0.400. The van der Waals surface area contributed by atoms with Crippen molar-refractivity contribution in [1.29, 1.82) is 0 Å². The summed E-state index contributed by atoms with van der Waals surface area (Å²) in [5.74, 6) is -5.29. The summed E-state index contributed by atoms with van der Waals surface area (Å²) in [5, 5.41) is 9.79. The van der Waals surface area contributed by atoms with E-state index in [0.717, 1.165) is 31.7 Å². The van der Waals surface area contributed by atoms with E-state index >= 15 is 0 Å². The molecule has 0 aliphatic heterocycles. The summed E-state index contributed by atoms with van der Waals surface area (Å²) in [6, 6.07) is 3.68. The molecule has 0 unspecified atom stereocenters. The van der Waals surface area contributed by atoms with Gasteiger partial charge in [-0.25, -0.2) is 13.2 Å². The smallest absolute Gasteiger partial charge is 0.419 e. The van der Waals surface area contributed by atoms with Crippen molar-refractivity contribution in [3.8, 4) is 16.9 Å². The van der Waals surface area contributed by atoms with E-state index in [-0.39, 0.29) is 11.5 Å². The molecule has 2 aromatic rings. The number of hydrogen-bond donors (Lipinski definition) is 1. The summed E-state index contributed by atoms with van der Waals surface area (Å²) < 4.78 is 81.2. The monoisotopic (exact) mass is 388 g/mol. The Hall–Kier alpha value is -2.18. The van der Waals surface area contributed by atoms with E-state index in [4.69, 9.17) is 0 Å². The first kappa shape index (κ1) is 19.6. The van der Waals surface area contributed by atoms with E-state index in [0.29, 0.717) is 12.0 Å². The molecule has 27 heavy (non-hydrogen) atoms. The summed E-state index contributed by atoms with van der Waals surface area (Å²) in [6.07, 6.45) is -1.77. The molecule has 0 bridgehead atoms. The topological polar surface area (TPSA) is 20.2 Å². The second-order valence-corrected chi connectivity index (χ2v) is 7.11. The molecular formula is C20H18F6O. The third kappa shape index (κ3) is 3.64. The predicted octanol–water partition coefficient (Wildman–Crippen LogP) is 6.79. The van der Waals surface area contributed by atoms with Crippen molar-refractivity contribution in [2.24, 2.45) is 5.92 Å². The minimum atomic E-state index is -5.01. The average molecular weight is 388 g/mol. The maximum atomic E-state index is 14.6. The lowest BCUT2D eigenvalue weighted by Gasteiger charge is -2.27. The molecule has 1 N–H and O–H groups in total. The van der Waals surface area contributed by atoms with Crippen LogP contribution in [-0.4, -0.2) is 5.11 Å². The minimum Gasteiger partial charge on any atom is -0.504 e.